The molecule has 146 valence electrons. The first-order valence-electron chi connectivity index (χ1n) is 9.14. The van der Waals surface area contributed by atoms with Crippen molar-refractivity contribution in [3.8, 4) is 0 Å². The topological polar surface area (TPSA) is 47.9 Å². The molecule has 1 fully saturated rings. The fourth-order valence-electron chi connectivity index (χ4n) is 3.97. The molecule has 1 saturated heterocycles. The number of thioether (sulfide) groups is 1. The van der Waals surface area contributed by atoms with Gasteiger partial charge in [0.1, 0.15) is 11.5 Å². The molecule has 5 nitrogen and oxygen atoms in total. The van der Waals surface area contributed by atoms with E-state index in [1.165, 1.54) is 15.8 Å². The molecule has 1 amide bonds. The van der Waals surface area contributed by atoms with Crippen molar-refractivity contribution in [1.82, 2.24) is 10.3 Å². The van der Waals surface area contributed by atoms with Gasteiger partial charge in [0.2, 0.25) is 0 Å². The van der Waals surface area contributed by atoms with Gasteiger partial charge in [0.25, 0.3) is 5.91 Å². The van der Waals surface area contributed by atoms with Gasteiger partial charge >= 0.3 is 0 Å². The summed E-state index contributed by atoms with van der Waals surface area (Å²) in [7, 11) is 0. The summed E-state index contributed by atoms with van der Waals surface area (Å²) in [5, 5.41) is 6.65. The number of nitrogens with zero attached hydrogens (tertiary/aromatic N) is 3. The van der Waals surface area contributed by atoms with Crippen LogP contribution in [0.25, 0.3) is 0 Å². The van der Waals surface area contributed by atoms with Crippen LogP contribution in [0.2, 0.25) is 5.02 Å². The molecule has 5 rings (SSSR count). The fraction of sp³-hybridized carbons (Fsp3) is 0.368. The first-order chi connectivity index (χ1) is 13.6. The summed E-state index contributed by atoms with van der Waals surface area (Å²) < 4.78 is 14.7. The molecule has 4 heterocycles. The molecule has 1 aromatic carbocycles. The maximum atomic E-state index is 13.4. The van der Waals surface area contributed by atoms with E-state index in [2.05, 4.69) is 26.9 Å². The second kappa shape index (κ2) is 7.24. The second-order valence-corrected chi connectivity index (χ2v) is 9.67. The summed E-state index contributed by atoms with van der Waals surface area (Å²) in [6, 6.07) is 7.00. The molecule has 2 atom stereocenters. The molecule has 0 aliphatic carbocycles. The van der Waals surface area contributed by atoms with Gasteiger partial charge in [-0.05, 0) is 29.6 Å². The van der Waals surface area contributed by atoms with E-state index >= 15 is 0 Å². The second-order valence-electron chi connectivity index (χ2n) is 7.06. The molecule has 3 aliphatic heterocycles. The lowest BCUT2D eigenvalue weighted by molar-refractivity contribution is -0.124. The number of nitrogens with one attached hydrogen (secondary N) is 1. The number of rotatable bonds is 2. The summed E-state index contributed by atoms with van der Waals surface area (Å²) in [5.74, 6) is 0.605. The summed E-state index contributed by atoms with van der Waals surface area (Å²) in [6.45, 7) is 2.60. The van der Waals surface area contributed by atoms with Gasteiger partial charge in [-0.2, -0.15) is 5.10 Å². The first-order valence-corrected chi connectivity index (χ1v) is 11.4. The average Bonchev–Trinajstić information content (AvgIpc) is 3.36. The molecule has 0 spiro atoms. The third kappa shape index (κ3) is 3.07. The van der Waals surface area contributed by atoms with Gasteiger partial charge in [0, 0.05) is 49.1 Å². The van der Waals surface area contributed by atoms with Gasteiger partial charge in [-0.15, -0.1) is 23.1 Å². The lowest BCUT2D eigenvalue weighted by Gasteiger charge is -2.36. The Bertz CT molecular complexity index is 957. The van der Waals surface area contributed by atoms with Gasteiger partial charge in [0.15, 0.2) is 0 Å². The zero-order valence-corrected chi connectivity index (χ0v) is 17.3. The smallest absolute Gasteiger partial charge is 0.270 e. The average molecular weight is 437 g/mol. The largest absolute Gasteiger partial charge is 0.368 e. The zero-order valence-electron chi connectivity index (χ0n) is 14.9. The Labute approximate surface area is 175 Å². The highest BCUT2D eigenvalue weighted by Crippen LogP contribution is 2.45. The third-order valence-corrected chi connectivity index (χ3v) is 8.20. The predicted octanol–water partition coefficient (Wildman–Crippen LogP) is 3.61. The van der Waals surface area contributed by atoms with Crippen LogP contribution >= 0.6 is 34.7 Å². The molecule has 3 aliphatic rings. The van der Waals surface area contributed by atoms with Crippen molar-refractivity contribution in [1.29, 1.82) is 0 Å². The van der Waals surface area contributed by atoms with Crippen LogP contribution in [0.4, 0.5) is 10.1 Å². The van der Waals surface area contributed by atoms with Crippen molar-refractivity contribution >= 4 is 52.0 Å². The fourth-order valence-corrected chi connectivity index (χ4v) is 6.50. The maximum absolute atomic E-state index is 13.4. The van der Waals surface area contributed by atoms with Crippen molar-refractivity contribution in [2.24, 2.45) is 11.0 Å². The first kappa shape index (κ1) is 18.3. The number of hydrazone groups is 1. The van der Waals surface area contributed by atoms with Crippen LogP contribution < -0.4 is 10.3 Å². The number of hydrogen-bond acceptors (Lipinski definition) is 6. The number of halogens is 2. The molecule has 28 heavy (non-hydrogen) atoms. The quantitative estimate of drug-likeness (QED) is 0.781. The number of thiophene rings is 1. The number of amides is 1. The van der Waals surface area contributed by atoms with Crippen LogP contribution in [0.1, 0.15) is 11.6 Å². The number of carbonyl (C=O) groups excluding carboxylic acids is 1. The van der Waals surface area contributed by atoms with Crippen molar-refractivity contribution in [2.75, 3.05) is 36.8 Å². The highest BCUT2D eigenvalue weighted by Gasteiger charge is 2.42. The lowest BCUT2D eigenvalue weighted by Crippen LogP contribution is -2.51. The number of benzene rings is 1. The Morgan fingerprint density at radius 3 is 2.86 bits per heavy atom. The number of carbonyl (C=O) groups is 1. The third-order valence-electron chi connectivity index (χ3n) is 5.52. The summed E-state index contributed by atoms with van der Waals surface area (Å²) in [5.41, 5.74) is 5.98. The molecule has 1 aromatic heterocycles. The zero-order chi connectivity index (χ0) is 19.3. The van der Waals surface area contributed by atoms with Crippen LogP contribution in [-0.2, 0) is 4.79 Å². The Morgan fingerprint density at radius 2 is 2.07 bits per heavy atom. The van der Waals surface area contributed by atoms with Crippen LogP contribution in [-0.4, -0.2) is 48.5 Å². The standard InChI is InChI=1S/C19H18ClFN4OS2/c20-14-9-11(1-2-15(14)21)24-4-6-25(7-5-24)18(26)17-13-10-28-19-12(3-8-27-19)16(13)22-23-17/h1-3,8-9,13,16,22H,4-7,10H2. The van der Waals surface area contributed by atoms with E-state index < -0.39 is 5.82 Å². The summed E-state index contributed by atoms with van der Waals surface area (Å²) >= 11 is 9.47. The van der Waals surface area contributed by atoms with Crippen molar-refractivity contribution in [3.63, 3.8) is 0 Å². The molecule has 0 saturated carbocycles. The Kier molecular flexibility index (Phi) is 4.72. The normalized spacial score (nSPS) is 23.7. The van der Waals surface area contributed by atoms with E-state index in [0.717, 1.165) is 11.4 Å². The summed E-state index contributed by atoms with van der Waals surface area (Å²) in [6.07, 6.45) is 0. The molecular weight excluding hydrogens is 419 g/mol. The number of piperazine rings is 1. The molecule has 2 aromatic rings. The van der Waals surface area contributed by atoms with Gasteiger partial charge < -0.3 is 15.2 Å². The van der Waals surface area contributed by atoms with Gasteiger partial charge in [-0.3, -0.25) is 4.79 Å². The molecule has 9 heteroatoms. The minimum Gasteiger partial charge on any atom is -0.368 e. The van der Waals surface area contributed by atoms with E-state index in [1.54, 1.807) is 23.5 Å². The van der Waals surface area contributed by atoms with Crippen LogP contribution in [0.5, 0.6) is 0 Å². The highest BCUT2D eigenvalue weighted by atomic mass is 35.5. The minimum absolute atomic E-state index is 0.0241. The number of anilines is 1. The molecule has 0 bridgehead atoms. The van der Waals surface area contributed by atoms with E-state index in [1.807, 2.05) is 16.7 Å². The number of fused-ring (bicyclic) bond motifs is 3. The van der Waals surface area contributed by atoms with Crippen LogP contribution in [0.3, 0.4) is 0 Å². The molecule has 0 radical (unpaired) electrons. The van der Waals surface area contributed by atoms with Crippen molar-refractivity contribution in [2.45, 2.75) is 10.3 Å². The Balaban J connectivity index is 1.25. The predicted molar refractivity (Wildman–Crippen MR) is 112 cm³/mol. The van der Waals surface area contributed by atoms with Crippen LogP contribution in [0.15, 0.2) is 39.0 Å². The van der Waals surface area contributed by atoms with E-state index in [0.29, 0.717) is 31.9 Å². The van der Waals surface area contributed by atoms with Crippen molar-refractivity contribution < 1.29 is 9.18 Å². The molecule has 2 unspecified atom stereocenters. The monoisotopic (exact) mass is 436 g/mol. The van der Waals surface area contributed by atoms with Gasteiger partial charge in [-0.1, -0.05) is 11.6 Å². The SMILES string of the molecule is O=C(C1=NNC2c3ccsc3SCC12)N1CCN(c2ccc(F)c(Cl)c2)CC1. The molecular formula is C19H18ClFN4OS2. The minimum atomic E-state index is -0.417. The van der Waals surface area contributed by atoms with Crippen LogP contribution in [0, 0.1) is 11.7 Å². The van der Waals surface area contributed by atoms with E-state index in [4.69, 9.17) is 11.6 Å². The van der Waals surface area contributed by atoms with Crippen molar-refractivity contribution in [3.05, 3.63) is 46.0 Å². The Morgan fingerprint density at radius 1 is 1.25 bits per heavy atom. The number of hydrogen-bond donors (Lipinski definition) is 1. The maximum Gasteiger partial charge on any atom is 0.270 e. The Hall–Kier alpha value is -1.77. The summed E-state index contributed by atoms with van der Waals surface area (Å²) in [4.78, 5) is 17.1. The van der Waals surface area contributed by atoms with E-state index in [-0.39, 0.29) is 22.9 Å². The highest BCUT2D eigenvalue weighted by molar-refractivity contribution is 8.01. The van der Waals surface area contributed by atoms with E-state index in [9.17, 15) is 9.18 Å². The van der Waals surface area contributed by atoms with Gasteiger partial charge in [0.05, 0.1) is 15.3 Å². The lowest BCUT2D eigenvalue weighted by atomic mass is 9.92. The van der Waals surface area contributed by atoms with Gasteiger partial charge in [-0.25, -0.2) is 4.39 Å². The molecule has 1 N–H and O–H groups in total.